The number of fused-ring (bicyclic) bond motifs is 6. The van der Waals surface area contributed by atoms with Gasteiger partial charge in [-0.2, -0.15) is 0 Å². The van der Waals surface area contributed by atoms with Gasteiger partial charge in [0.25, 0.3) is 0 Å². The van der Waals surface area contributed by atoms with E-state index >= 15 is 0 Å². The quantitative estimate of drug-likeness (QED) is 0.372. The van der Waals surface area contributed by atoms with Crippen molar-refractivity contribution in [2.45, 2.75) is 47.3 Å². The van der Waals surface area contributed by atoms with Crippen molar-refractivity contribution in [1.29, 1.82) is 0 Å². The molecule has 2 heterocycles. The molecule has 5 aliphatic rings. The molecule has 2 bridgehead atoms. The number of anilines is 3. The molecule has 142 valence electrons. The van der Waals surface area contributed by atoms with Crippen molar-refractivity contribution >= 4 is 29.1 Å². The van der Waals surface area contributed by atoms with E-state index in [1.54, 1.807) is 0 Å². The van der Waals surface area contributed by atoms with Crippen molar-refractivity contribution in [3.8, 4) is 0 Å². The summed E-state index contributed by atoms with van der Waals surface area (Å²) in [5.41, 5.74) is 5.86. The van der Waals surface area contributed by atoms with Gasteiger partial charge in [0.05, 0.1) is 17.1 Å². The van der Waals surface area contributed by atoms with E-state index in [0.29, 0.717) is 17.3 Å². The van der Waals surface area contributed by atoms with E-state index in [2.05, 4.69) is 59.6 Å². The normalized spacial score (nSPS) is 34.3. The standard InChI is InChI=1S/C25H21N3S/c1-3-7-21-19(5-1)28(20-6-2-4-8-22(20)29-21)24-26-13-17-14-9-15-10-16-11-18(23(17)27-24)25(15,16)12-14/h1-8,13-16,18H,9-12H2. The van der Waals surface area contributed by atoms with Crippen molar-refractivity contribution < 1.29 is 0 Å². The second-order valence-electron chi connectivity index (χ2n) is 9.55. The molecular formula is C25H21N3S. The number of rotatable bonds is 1. The number of nitrogens with zero attached hydrogens (tertiary/aromatic N) is 3. The van der Waals surface area contributed by atoms with Crippen molar-refractivity contribution in [3.63, 3.8) is 0 Å². The minimum absolute atomic E-state index is 0.622. The minimum atomic E-state index is 0.622. The molecule has 4 aliphatic carbocycles. The second kappa shape index (κ2) is 5.04. The average Bonchev–Trinajstić information content (AvgIpc) is 3.13. The Balaban J connectivity index is 1.32. The fourth-order valence-electron chi connectivity index (χ4n) is 7.45. The summed E-state index contributed by atoms with van der Waals surface area (Å²) in [6.45, 7) is 0. The Labute approximate surface area is 174 Å². The molecule has 29 heavy (non-hydrogen) atoms. The average molecular weight is 396 g/mol. The molecule has 1 aliphatic heterocycles. The fourth-order valence-corrected chi connectivity index (χ4v) is 8.51. The Kier molecular flexibility index (Phi) is 2.69. The van der Waals surface area contributed by atoms with Gasteiger partial charge in [-0.05, 0) is 78.7 Å². The van der Waals surface area contributed by atoms with E-state index in [4.69, 9.17) is 9.97 Å². The SMILES string of the molecule is c1ccc2c(c1)Sc1ccccc1N2c1ncc2c(n1)C1CC3CC4CC2CC431. The van der Waals surface area contributed by atoms with Crippen LogP contribution in [0.2, 0.25) is 0 Å². The maximum absolute atomic E-state index is 5.31. The zero-order valence-electron chi connectivity index (χ0n) is 16.1. The Hall–Kier alpha value is -2.33. The molecule has 3 nitrogen and oxygen atoms in total. The highest BCUT2D eigenvalue weighted by molar-refractivity contribution is 7.99. The molecular weight excluding hydrogens is 374 g/mol. The van der Waals surface area contributed by atoms with Crippen LogP contribution < -0.4 is 4.90 Å². The van der Waals surface area contributed by atoms with Crippen LogP contribution >= 0.6 is 11.8 Å². The van der Waals surface area contributed by atoms with Gasteiger partial charge in [0.2, 0.25) is 5.95 Å². The van der Waals surface area contributed by atoms with Gasteiger partial charge < -0.3 is 0 Å². The van der Waals surface area contributed by atoms with Gasteiger partial charge >= 0.3 is 0 Å². The lowest BCUT2D eigenvalue weighted by Gasteiger charge is -2.67. The molecule has 2 aromatic carbocycles. The highest BCUT2D eigenvalue weighted by Gasteiger charge is 2.72. The molecule has 0 radical (unpaired) electrons. The van der Waals surface area contributed by atoms with Gasteiger partial charge in [-0.3, -0.25) is 4.90 Å². The highest BCUT2D eigenvalue weighted by Crippen LogP contribution is 2.81. The fraction of sp³-hybridized carbons (Fsp3) is 0.360. The van der Waals surface area contributed by atoms with E-state index in [0.717, 1.165) is 17.8 Å². The van der Waals surface area contributed by atoms with Crippen LogP contribution in [-0.4, -0.2) is 9.97 Å². The van der Waals surface area contributed by atoms with E-state index in [1.807, 2.05) is 11.8 Å². The zero-order valence-corrected chi connectivity index (χ0v) is 16.9. The topological polar surface area (TPSA) is 29.0 Å². The Morgan fingerprint density at radius 3 is 2.38 bits per heavy atom. The summed E-state index contributed by atoms with van der Waals surface area (Å²) in [7, 11) is 0. The molecule has 1 aromatic heterocycles. The molecule has 5 unspecified atom stereocenters. The first kappa shape index (κ1) is 15.5. The van der Waals surface area contributed by atoms with E-state index < -0.39 is 0 Å². The van der Waals surface area contributed by atoms with E-state index in [-0.39, 0.29) is 0 Å². The minimum Gasteiger partial charge on any atom is -0.277 e. The number of benzene rings is 2. The summed E-state index contributed by atoms with van der Waals surface area (Å²) >= 11 is 1.84. The number of hydrogen-bond acceptors (Lipinski definition) is 4. The van der Waals surface area contributed by atoms with E-state index in [1.165, 1.54) is 58.1 Å². The smallest absolute Gasteiger partial charge is 0.234 e. The number of para-hydroxylation sites is 2. The van der Waals surface area contributed by atoms with E-state index in [9.17, 15) is 0 Å². The Morgan fingerprint density at radius 1 is 0.897 bits per heavy atom. The van der Waals surface area contributed by atoms with Crippen molar-refractivity contribution in [3.05, 3.63) is 66.0 Å². The van der Waals surface area contributed by atoms with Gasteiger partial charge in [0.1, 0.15) is 0 Å². The van der Waals surface area contributed by atoms with Crippen LogP contribution in [0.15, 0.2) is 64.5 Å². The predicted octanol–water partition coefficient (Wildman–Crippen LogP) is 6.41. The molecule has 5 atom stereocenters. The molecule has 8 rings (SSSR count). The van der Waals surface area contributed by atoms with Crippen LogP contribution in [0.1, 0.15) is 48.8 Å². The van der Waals surface area contributed by atoms with Crippen LogP contribution in [0.25, 0.3) is 0 Å². The van der Waals surface area contributed by atoms with Crippen LogP contribution in [0.3, 0.4) is 0 Å². The summed E-state index contributed by atoms with van der Waals surface area (Å²) in [4.78, 5) is 15.1. The summed E-state index contributed by atoms with van der Waals surface area (Å²) < 4.78 is 0. The van der Waals surface area contributed by atoms with Crippen LogP contribution in [0.5, 0.6) is 0 Å². The molecule has 3 fully saturated rings. The third-order valence-electron chi connectivity index (χ3n) is 8.66. The molecule has 0 saturated heterocycles. The monoisotopic (exact) mass is 395 g/mol. The van der Waals surface area contributed by atoms with Crippen LogP contribution in [0.4, 0.5) is 17.3 Å². The highest BCUT2D eigenvalue weighted by atomic mass is 32.2. The first-order valence-corrected chi connectivity index (χ1v) is 11.7. The Morgan fingerprint density at radius 2 is 1.62 bits per heavy atom. The van der Waals surface area contributed by atoms with Gasteiger partial charge in [0.15, 0.2) is 0 Å². The Bertz CT molecular complexity index is 1160. The molecule has 4 heteroatoms. The van der Waals surface area contributed by atoms with Gasteiger partial charge in [0, 0.05) is 21.9 Å². The lowest BCUT2D eigenvalue weighted by atomic mass is 9.37. The number of hydrogen-bond donors (Lipinski definition) is 0. The first-order valence-electron chi connectivity index (χ1n) is 10.9. The van der Waals surface area contributed by atoms with Crippen molar-refractivity contribution in [2.75, 3.05) is 4.90 Å². The lowest BCUT2D eigenvalue weighted by Crippen LogP contribution is -2.59. The summed E-state index contributed by atoms with van der Waals surface area (Å²) in [5, 5.41) is 0. The molecule has 3 saturated carbocycles. The maximum Gasteiger partial charge on any atom is 0.234 e. The van der Waals surface area contributed by atoms with Crippen LogP contribution in [-0.2, 0) is 0 Å². The molecule has 3 aromatic rings. The molecule has 0 N–H and O–H groups in total. The largest absolute Gasteiger partial charge is 0.277 e. The second-order valence-corrected chi connectivity index (χ2v) is 10.6. The van der Waals surface area contributed by atoms with Gasteiger partial charge in [-0.1, -0.05) is 36.0 Å². The van der Waals surface area contributed by atoms with Gasteiger partial charge in [-0.25, -0.2) is 9.97 Å². The lowest BCUT2D eigenvalue weighted by molar-refractivity contribution is -0.148. The summed E-state index contributed by atoms with van der Waals surface area (Å²) in [5.74, 6) is 4.19. The predicted molar refractivity (Wildman–Crippen MR) is 114 cm³/mol. The summed E-state index contributed by atoms with van der Waals surface area (Å²) in [6, 6.07) is 17.3. The third-order valence-corrected chi connectivity index (χ3v) is 9.79. The van der Waals surface area contributed by atoms with Gasteiger partial charge in [-0.15, -0.1) is 0 Å². The molecule has 1 spiro atoms. The van der Waals surface area contributed by atoms with Crippen molar-refractivity contribution in [1.82, 2.24) is 9.97 Å². The zero-order chi connectivity index (χ0) is 18.7. The maximum atomic E-state index is 5.31. The number of aromatic nitrogens is 2. The van der Waals surface area contributed by atoms with Crippen molar-refractivity contribution in [2.24, 2.45) is 17.3 Å². The first-order chi connectivity index (χ1) is 14.3. The summed E-state index contributed by atoms with van der Waals surface area (Å²) in [6.07, 6.45) is 7.81. The molecule has 0 amide bonds. The van der Waals surface area contributed by atoms with Crippen LogP contribution in [0, 0.1) is 17.3 Å². The third kappa shape index (κ3) is 1.71.